The molecule has 19 heavy (non-hydrogen) atoms. The molecule has 2 aromatic rings. The van der Waals surface area contributed by atoms with Crippen molar-refractivity contribution < 1.29 is 19.3 Å². The maximum absolute atomic E-state index is 11.6. The van der Waals surface area contributed by atoms with Crippen LogP contribution in [0.15, 0.2) is 60.7 Å². The monoisotopic (exact) mass is 256 g/mol. The Balaban J connectivity index is 1.51. The molecular formula is C15H12O4. The van der Waals surface area contributed by atoms with E-state index >= 15 is 0 Å². The summed E-state index contributed by atoms with van der Waals surface area (Å²) in [5.41, 5.74) is 1.45. The SMILES string of the molecule is O=C(OOC1OC1c1ccccc1)c1ccccc1. The third-order valence-electron chi connectivity index (χ3n) is 2.81. The molecule has 0 spiro atoms. The first-order valence-corrected chi connectivity index (χ1v) is 5.98. The van der Waals surface area contributed by atoms with E-state index < -0.39 is 12.3 Å². The smallest absolute Gasteiger partial charge is 0.333 e. The number of carbonyl (C=O) groups is 1. The summed E-state index contributed by atoms with van der Waals surface area (Å²) in [6.07, 6.45) is -0.681. The molecule has 2 atom stereocenters. The molecule has 3 rings (SSSR count). The van der Waals surface area contributed by atoms with Crippen molar-refractivity contribution in [1.29, 1.82) is 0 Å². The Hall–Kier alpha value is -2.17. The molecule has 0 bridgehead atoms. The van der Waals surface area contributed by atoms with Crippen LogP contribution >= 0.6 is 0 Å². The molecular weight excluding hydrogens is 244 g/mol. The Morgan fingerprint density at radius 3 is 2.26 bits per heavy atom. The Morgan fingerprint density at radius 2 is 1.58 bits per heavy atom. The number of hydrogen-bond acceptors (Lipinski definition) is 4. The molecule has 1 aliphatic rings. The lowest BCUT2D eigenvalue weighted by Crippen LogP contribution is -2.08. The van der Waals surface area contributed by atoms with Crippen molar-refractivity contribution >= 4 is 5.97 Å². The third-order valence-corrected chi connectivity index (χ3v) is 2.81. The molecule has 0 aliphatic carbocycles. The summed E-state index contributed by atoms with van der Waals surface area (Å²) in [5.74, 6) is -0.525. The predicted molar refractivity (Wildman–Crippen MR) is 67.0 cm³/mol. The molecule has 1 saturated heterocycles. The highest BCUT2D eigenvalue weighted by atomic mass is 17.2. The number of rotatable bonds is 4. The summed E-state index contributed by atoms with van der Waals surface area (Å²) < 4.78 is 5.29. The average molecular weight is 256 g/mol. The van der Waals surface area contributed by atoms with Gasteiger partial charge in [-0.15, -0.1) is 4.89 Å². The molecule has 0 radical (unpaired) electrons. The van der Waals surface area contributed by atoms with Crippen molar-refractivity contribution in [3.05, 3.63) is 71.8 Å². The van der Waals surface area contributed by atoms with Crippen molar-refractivity contribution in [2.24, 2.45) is 0 Å². The fraction of sp³-hybridized carbons (Fsp3) is 0.133. The lowest BCUT2D eigenvalue weighted by Gasteiger charge is -2.00. The van der Waals surface area contributed by atoms with E-state index in [4.69, 9.17) is 14.5 Å². The minimum Gasteiger partial charge on any atom is -0.333 e. The second-order valence-corrected chi connectivity index (χ2v) is 4.17. The predicted octanol–water partition coefficient (Wildman–Crippen LogP) is 2.87. The van der Waals surface area contributed by atoms with Gasteiger partial charge < -0.3 is 4.74 Å². The summed E-state index contributed by atoms with van der Waals surface area (Å²) in [6.45, 7) is 0. The lowest BCUT2D eigenvalue weighted by atomic mass is 10.2. The van der Waals surface area contributed by atoms with E-state index in [9.17, 15) is 4.79 Å². The van der Waals surface area contributed by atoms with Gasteiger partial charge in [0, 0.05) is 0 Å². The van der Waals surface area contributed by atoms with E-state index in [0.29, 0.717) is 5.56 Å². The molecule has 0 aromatic heterocycles. The van der Waals surface area contributed by atoms with E-state index in [2.05, 4.69) is 0 Å². The van der Waals surface area contributed by atoms with Crippen molar-refractivity contribution in [3.63, 3.8) is 0 Å². The molecule has 2 unspecified atom stereocenters. The molecule has 0 N–H and O–H groups in total. The fourth-order valence-electron chi connectivity index (χ4n) is 1.76. The van der Waals surface area contributed by atoms with Gasteiger partial charge in [-0.1, -0.05) is 48.5 Å². The van der Waals surface area contributed by atoms with Gasteiger partial charge in [0.15, 0.2) is 0 Å². The zero-order valence-corrected chi connectivity index (χ0v) is 10.1. The Labute approximate surface area is 110 Å². The van der Waals surface area contributed by atoms with Crippen LogP contribution < -0.4 is 0 Å². The zero-order chi connectivity index (χ0) is 13.1. The number of benzene rings is 2. The van der Waals surface area contributed by atoms with Crippen LogP contribution in [0, 0.1) is 0 Å². The molecule has 0 amide bonds. The number of carbonyl (C=O) groups excluding carboxylic acids is 1. The zero-order valence-electron chi connectivity index (χ0n) is 10.1. The van der Waals surface area contributed by atoms with E-state index in [-0.39, 0.29) is 6.10 Å². The Morgan fingerprint density at radius 1 is 0.947 bits per heavy atom. The van der Waals surface area contributed by atoms with Crippen molar-refractivity contribution in [1.82, 2.24) is 0 Å². The normalized spacial score (nSPS) is 20.8. The van der Waals surface area contributed by atoms with Crippen LogP contribution in [-0.2, 0) is 14.5 Å². The Bertz CT molecular complexity index is 553. The van der Waals surface area contributed by atoms with E-state index in [1.807, 2.05) is 36.4 Å². The average Bonchev–Trinajstić information content (AvgIpc) is 3.26. The highest BCUT2D eigenvalue weighted by Crippen LogP contribution is 2.39. The molecule has 1 fully saturated rings. The third kappa shape index (κ3) is 2.81. The maximum Gasteiger partial charge on any atom is 0.373 e. The summed E-state index contributed by atoms with van der Waals surface area (Å²) in [6, 6.07) is 18.3. The van der Waals surface area contributed by atoms with Crippen LogP contribution in [-0.4, -0.2) is 12.3 Å². The highest BCUT2D eigenvalue weighted by molar-refractivity contribution is 5.88. The van der Waals surface area contributed by atoms with Gasteiger partial charge in [0.1, 0.15) is 6.10 Å². The summed E-state index contributed by atoms with van der Waals surface area (Å²) >= 11 is 0. The first-order valence-electron chi connectivity index (χ1n) is 5.98. The van der Waals surface area contributed by atoms with E-state index in [0.717, 1.165) is 5.56 Å². The quantitative estimate of drug-likeness (QED) is 0.479. The first kappa shape index (κ1) is 11.9. The topological polar surface area (TPSA) is 48.1 Å². The fourth-order valence-corrected chi connectivity index (χ4v) is 1.76. The van der Waals surface area contributed by atoms with Crippen molar-refractivity contribution in [2.75, 3.05) is 0 Å². The van der Waals surface area contributed by atoms with Gasteiger partial charge in [0.25, 0.3) is 0 Å². The second kappa shape index (κ2) is 5.22. The molecule has 4 nitrogen and oxygen atoms in total. The van der Waals surface area contributed by atoms with Gasteiger partial charge in [-0.05, 0) is 17.7 Å². The largest absolute Gasteiger partial charge is 0.373 e. The van der Waals surface area contributed by atoms with Crippen molar-refractivity contribution in [2.45, 2.75) is 12.4 Å². The van der Waals surface area contributed by atoms with Crippen LogP contribution in [0.1, 0.15) is 22.0 Å². The molecule has 0 saturated carbocycles. The molecule has 4 heteroatoms. The highest BCUT2D eigenvalue weighted by Gasteiger charge is 2.43. The van der Waals surface area contributed by atoms with Gasteiger partial charge in [-0.25, -0.2) is 4.79 Å². The molecule has 2 aromatic carbocycles. The van der Waals surface area contributed by atoms with Crippen LogP contribution in [0.3, 0.4) is 0 Å². The lowest BCUT2D eigenvalue weighted by molar-refractivity contribution is -0.270. The Kier molecular flexibility index (Phi) is 3.27. The minimum absolute atomic E-state index is 0.162. The van der Waals surface area contributed by atoms with Gasteiger partial charge in [0.2, 0.25) is 6.29 Å². The molecule has 1 aliphatic heterocycles. The van der Waals surface area contributed by atoms with Crippen LogP contribution in [0.4, 0.5) is 0 Å². The number of epoxide rings is 1. The van der Waals surface area contributed by atoms with E-state index in [1.165, 1.54) is 0 Å². The maximum atomic E-state index is 11.6. The summed E-state index contributed by atoms with van der Waals surface area (Å²) in [5, 5.41) is 0. The van der Waals surface area contributed by atoms with Crippen LogP contribution in [0.2, 0.25) is 0 Å². The van der Waals surface area contributed by atoms with Gasteiger partial charge in [-0.3, -0.25) is 4.89 Å². The van der Waals surface area contributed by atoms with Crippen molar-refractivity contribution in [3.8, 4) is 0 Å². The first-order chi connectivity index (χ1) is 9.34. The van der Waals surface area contributed by atoms with Crippen LogP contribution in [0.5, 0.6) is 0 Å². The van der Waals surface area contributed by atoms with Crippen LogP contribution in [0.25, 0.3) is 0 Å². The van der Waals surface area contributed by atoms with Gasteiger partial charge >= 0.3 is 5.97 Å². The minimum atomic E-state index is -0.525. The number of ether oxygens (including phenoxy) is 1. The van der Waals surface area contributed by atoms with E-state index in [1.54, 1.807) is 24.3 Å². The molecule has 1 heterocycles. The summed E-state index contributed by atoms with van der Waals surface area (Å²) in [7, 11) is 0. The van der Waals surface area contributed by atoms with Gasteiger partial charge in [-0.2, -0.15) is 0 Å². The standard InChI is InChI=1S/C15H12O4/c16-14(12-9-5-2-6-10-12)18-19-15-13(17-15)11-7-3-1-4-8-11/h1-10,13,15H. The molecule has 96 valence electrons. The van der Waals surface area contributed by atoms with Gasteiger partial charge in [0.05, 0.1) is 5.56 Å². The summed E-state index contributed by atoms with van der Waals surface area (Å²) in [4.78, 5) is 21.3. The number of hydrogen-bond donors (Lipinski definition) is 0. The second-order valence-electron chi connectivity index (χ2n) is 4.17.